The van der Waals surface area contributed by atoms with Gasteiger partial charge in [0.2, 0.25) is 0 Å². The van der Waals surface area contributed by atoms with Crippen LogP contribution in [0.15, 0.2) is 18.7 Å². The molecular weight excluding hydrogens is 164 g/mol. The summed E-state index contributed by atoms with van der Waals surface area (Å²) in [6, 6.07) is 0. The lowest BCUT2D eigenvalue weighted by Gasteiger charge is -1.97. The minimum Gasteiger partial charge on any atom is -0.299 e. The summed E-state index contributed by atoms with van der Waals surface area (Å²) >= 11 is 0. The van der Waals surface area contributed by atoms with Crippen molar-refractivity contribution in [1.82, 2.24) is 9.97 Å². The van der Waals surface area contributed by atoms with Gasteiger partial charge in [-0.05, 0) is 24.8 Å². The predicted octanol–water partition coefficient (Wildman–Crippen LogP) is 1.39. The van der Waals surface area contributed by atoms with Crippen molar-refractivity contribution in [2.24, 2.45) is 5.92 Å². The van der Waals surface area contributed by atoms with Crippen LogP contribution in [0, 0.1) is 5.92 Å². The van der Waals surface area contributed by atoms with Crippen LogP contribution in [0.3, 0.4) is 0 Å². The highest BCUT2D eigenvalue weighted by Crippen LogP contribution is 2.31. The molecule has 1 aromatic rings. The quantitative estimate of drug-likeness (QED) is 0.696. The van der Waals surface area contributed by atoms with Gasteiger partial charge in [0.05, 0.1) is 0 Å². The number of hydrogen-bond acceptors (Lipinski definition) is 3. The molecule has 1 aliphatic rings. The number of aryl methyl sites for hydroxylation is 1. The van der Waals surface area contributed by atoms with Crippen LogP contribution in [-0.4, -0.2) is 15.8 Å². The van der Waals surface area contributed by atoms with Crippen LogP contribution in [0.1, 0.15) is 24.8 Å². The molecule has 0 N–H and O–H groups in total. The van der Waals surface area contributed by atoms with Crippen molar-refractivity contribution in [1.29, 1.82) is 0 Å². The van der Waals surface area contributed by atoms with E-state index in [0.717, 1.165) is 24.8 Å². The summed E-state index contributed by atoms with van der Waals surface area (Å²) in [7, 11) is 0. The number of carbonyl (C=O) groups excluding carboxylic acids is 1. The Hall–Kier alpha value is -1.25. The van der Waals surface area contributed by atoms with Crippen molar-refractivity contribution in [3.63, 3.8) is 0 Å². The second kappa shape index (κ2) is 3.64. The summed E-state index contributed by atoms with van der Waals surface area (Å²) in [6.45, 7) is 0. The molecule has 0 saturated heterocycles. The Labute approximate surface area is 77.2 Å². The molecule has 3 heteroatoms. The van der Waals surface area contributed by atoms with Crippen molar-refractivity contribution >= 4 is 5.78 Å². The van der Waals surface area contributed by atoms with E-state index in [-0.39, 0.29) is 0 Å². The predicted molar refractivity (Wildman–Crippen MR) is 48.1 cm³/mol. The molecule has 1 aromatic heterocycles. The van der Waals surface area contributed by atoms with E-state index in [1.54, 1.807) is 12.4 Å². The van der Waals surface area contributed by atoms with Gasteiger partial charge in [-0.3, -0.25) is 4.79 Å². The first-order valence-electron chi connectivity index (χ1n) is 4.63. The number of carbonyl (C=O) groups is 1. The van der Waals surface area contributed by atoms with E-state index in [4.69, 9.17) is 0 Å². The lowest BCUT2D eigenvalue weighted by molar-refractivity contribution is -0.120. The maximum Gasteiger partial charge on any atom is 0.136 e. The Kier molecular flexibility index (Phi) is 2.34. The van der Waals surface area contributed by atoms with Crippen LogP contribution in [-0.2, 0) is 11.2 Å². The van der Waals surface area contributed by atoms with E-state index in [2.05, 4.69) is 9.97 Å². The number of nitrogens with zero attached hydrogens (tertiary/aromatic N) is 2. The molecule has 0 aromatic carbocycles. The largest absolute Gasteiger partial charge is 0.299 e. The lowest BCUT2D eigenvalue weighted by atomic mass is 10.1. The second-order valence-electron chi connectivity index (χ2n) is 3.49. The van der Waals surface area contributed by atoms with Crippen LogP contribution in [0.5, 0.6) is 0 Å². The first-order chi connectivity index (χ1) is 6.36. The van der Waals surface area contributed by atoms with Crippen molar-refractivity contribution < 1.29 is 4.79 Å². The Bertz CT molecular complexity index is 293. The molecule has 68 valence electrons. The minimum absolute atomic E-state index is 0.379. The summed E-state index contributed by atoms with van der Waals surface area (Å²) in [6.07, 6.45) is 8.69. The summed E-state index contributed by atoms with van der Waals surface area (Å²) in [5.74, 6) is 0.786. The molecule has 0 aliphatic heterocycles. The Balaban J connectivity index is 1.82. The zero-order valence-corrected chi connectivity index (χ0v) is 7.44. The first kappa shape index (κ1) is 8.35. The van der Waals surface area contributed by atoms with Gasteiger partial charge in [-0.15, -0.1) is 0 Å². The van der Waals surface area contributed by atoms with Gasteiger partial charge >= 0.3 is 0 Å². The van der Waals surface area contributed by atoms with Gasteiger partial charge in [0.1, 0.15) is 12.1 Å². The average Bonchev–Trinajstić information content (AvgIpc) is 2.99. The van der Waals surface area contributed by atoms with E-state index in [9.17, 15) is 4.79 Å². The fourth-order valence-electron chi connectivity index (χ4n) is 1.34. The molecule has 0 unspecified atom stereocenters. The van der Waals surface area contributed by atoms with Crippen LogP contribution in [0.2, 0.25) is 0 Å². The summed E-state index contributed by atoms with van der Waals surface area (Å²) in [4.78, 5) is 19.1. The smallest absolute Gasteiger partial charge is 0.136 e. The molecule has 0 bridgehead atoms. The summed E-state index contributed by atoms with van der Waals surface area (Å²) < 4.78 is 0. The van der Waals surface area contributed by atoms with E-state index < -0.39 is 0 Å². The highest BCUT2D eigenvalue weighted by Gasteiger charge is 2.28. The maximum absolute atomic E-state index is 11.3. The number of hydrogen-bond donors (Lipinski definition) is 0. The topological polar surface area (TPSA) is 42.9 Å². The monoisotopic (exact) mass is 176 g/mol. The zero-order valence-electron chi connectivity index (χ0n) is 7.44. The van der Waals surface area contributed by atoms with E-state index in [0.29, 0.717) is 18.1 Å². The van der Waals surface area contributed by atoms with E-state index in [1.165, 1.54) is 6.33 Å². The molecule has 2 rings (SSSR count). The molecule has 0 atom stereocenters. The Morgan fingerprint density at radius 1 is 1.38 bits per heavy atom. The van der Waals surface area contributed by atoms with E-state index in [1.807, 2.05) is 0 Å². The van der Waals surface area contributed by atoms with Crippen LogP contribution in [0.4, 0.5) is 0 Å². The van der Waals surface area contributed by atoms with Crippen LogP contribution < -0.4 is 0 Å². The van der Waals surface area contributed by atoms with Crippen LogP contribution >= 0.6 is 0 Å². The summed E-state index contributed by atoms with van der Waals surface area (Å²) in [5.41, 5.74) is 1.05. The third-order valence-electron chi connectivity index (χ3n) is 2.31. The van der Waals surface area contributed by atoms with Crippen LogP contribution in [0.25, 0.3) is 0 Å². The Morgan fingerprint density at radius 3 is 2.69 bits per heavy atom. The van der Waals surface area contributed by atoms with Gasteiger partial charge in [0.25, 0.3) is 0 Å². The molecule has 13 heavy (non-hydrogen) atoms. The maximum atomic E-state index is 11.3. The fourth-order valence-corrected chi connectivity index (χ4v) is 1.34. The molecule has 1 saturated carbocycles. The van der Waals surface area contributed by atoms with E-state index >= 15 is 0 Å². The zero-order chi connectivity index (χ0) is 9.10. The van der Waals surface area contributed by atoms with Gasteiger partial charge in [-0.2, -0.15) is 0 Å². The van der Waals surface area contributed by atoms with Crippen molar-refractivity contribution in [2.45, 2.75) is 25.7 Å². The summed E-state index contributed by atoms with van der Waals surface area (Å²) in [5, 5.41) is 0. The van der Waals surface area contributed by atoms with Crippen molar-refractivity contribution in [3.8, 4) is 0 Å². The standard InChI is InChI=1S/C10H12N2O/c13-10(9-2-3-9)4-1-8-5-11-7-12-6-8/h5-7,9H,1-4H2. The number of Topliss-reactive ketones (excluding diaryl/α,β-unsaturated/α-hetero) is 1. The molecule has 0 spiro atoms. The fraction of sp³-hybridized carbons (Fsp3) is 0.500. The minimum atomic E-state index is 0.379. The second-order valence-corrected chi connectivity index (χ2v) is 3.49. The molecule has 0 radical (unpaired) electrons. The molecule has 3 nitrogen and oxygen atoms in total. The third-order valence-corrected chi connectivity index (χ3v) is 2.31. The van der Waals surface area contributed by atoms with Gasteiger partial charge in [0, 0.05) is 24.7 Å². The SMILES string of the molecule is O=C(CCc1cncnc1)C1CC1. The molecule has 1 heterocycles. The first-order valence-corrected chi connectivity index (χ1v) is 4.63. The number of ketones is 1. The van der Waals surface area contributed by atoms with Gasteiger partial charge in [0.15, 0.2) is 0 Å². The van der Waals surface area contributed by atoms with Crippen molar-refractivity contribution in [3.05, 3.63) is 24.3 Å². The number of aromatic nitrogens is 2. The molecule has 1 fully saturated rings. The third kappa shape index (κ3) is 2.34. The van der Waals surface area contributed by atoms with Crippen molar-refractivity contribution in [2.75, 3.05) is 0 Å². The molecule has 0 amide bonds. The Morgan fingerprint density at radius 2 is 2.08 bits per heavy atom. The highest BCUT2D eigenvalue weighted by molar-refractivity contribution is 5.83. The van der Waals surface area contributed by atoms with Gasteiger partial charge in [-0.1, -0.05) is 0 Å². The highest BCUT2D eigenvalue weighted by atomic mass is 16.1. The number of rotatable bonds is 4. The van der Waals surface area contributed by atoms with Gasteiger partial charge < -0.3 is 0 Å². The average molecular weight is 176 g/mol. The lowest BCUT2D eigenvalue weighted by Crippen LogP contribution is -2.02. The molecular formula is C10H12N2O. The normalized spacial score (nSPS) is 15.7. The molecule has 1 aliphatic carbocycles. The van der Waals surface area contributed by atoms with Gasteiger partial charge in [-0.25, -0.2) is 9.97 Å².